The molecular formula is C22H18BrFN4OS. The summed E-state index contributed by atoms with van der Waals surface area (Å²) >= 11 is 4.98. The van der Waals surface area contributed by atoms with Crippen molar-refractivity contribution in [1.29, 1.82) is 0 Å². The third kappa shape index (κ3) is 3.44. The van der Waals surface area contributed by atoms with Crippen molar-refractivity contribution in [3.8, 4) is 0 Å². The molecule has 0 radical (unpaired) electrons. The lowest BCUT2D eigenvalue weighted by Gasteiger charge is -2.32. The fourth-order valence-electron chi connectivity index (χ4n) is 3.94. The number of para-hydroxylation sites is 1. The summed E-state index contributed by atoms with van der Waals surface area (Å²) in [6.45, 7) is 1.44. The van der Waals surface area contributed by atoms with Crippen molar-refractivity contribution >= 4 is 65.0 Å². The van der Waals surface area contributed by atoms with E-state index in [4.69, 9.17) is 0 Å². The van der Waals surface area contributed by atoms with Crippen LogP contribution in [-0.2, 0) is 4.79 Å². The van der Waals surface area contributed by atoms with Gasteiger partial charge in [0, 0.05) is 28.2 Å². The first-order valence-corrected chi connectivity index (χ1v) is 11.3. The molecule has 0 spiro atoms. The Kier molecular flexibility index (Phi) is 5.12. The lowest BCUT2D eigenvalue weighted by molar-refractivity contribution is -0.120. The molecule has 8 heteroatoms. The van der Waals surface area contributed by atoms with Crippen LogP contribution in [0.1, 0.15) is 12.8 Å². The van der Waals surface area contributed by atoms with Crippen LogP contribution >= 0.6 is 27.3 Å². The third-order valence-electron chi connectivity index (χ3n) is 5.51. The average molecular weight is 485 g/mol. The number of halogens is 2. The van der Waals surface area contributed by atoms with Gasteiger partial charge >= 0.3 is 0 Å². The zero-order valence-corrected chi connectivity index (χ0v) is 18.3. The molecule has 0 bridgehead atoms. The zero-order chi connectivity index (χ0) is 20.7. The zero-order valence-electron chi connectivity index (χ0n) is 15.9. The molecular weight excluding hydrogens is 467 g/mol. The highest BCUT2D eigenvalue weighted by Gasteiger charge is 2.27. The molecule has 3 heterocycles. The number of aromatic nitrogens is 2. The molecule has 0 atom stereocenters. The van der Waals surface area contributed by atoms with Crippen LogP contribution in [-0.4, -0.2) is 29.0 Å². The number of hydrogen-bond donors (Lipinski definition) is 1. The van der Waals surface area contributed by atoms with E-state index < -0.39 is 0 Å². The van der Waals surface area contributed by atoms with E-state index in [9.17, 15) is 9.18 Å². The number of hydrogen-bond acceptors (Lipinski definition) is 5. The van der Waals surface area contributed by atoms with Crippen molar-refractivity contribution < 1.29 is 9.18 Å². The molecule has 5 rings (SSSR count). The first-order valence-electron chi connectivity index (χ1n) is 9.74. The number of fused-ring (bicyclic) bond motifs is 3. The summed E-state index contributed by atoms with van der Waals surface area (Å²) < 4.78 is 17.0. The molecule has 152 valence electrons. The second-order valence-corrected chi connectivity index (χ2v) is 9.23. The van der Waals surface area contributed by atoms with Crippen molar-refractivity contribution in [1.82, 2.24) is 9.97 Å². The fraction of sp³-hybridized carbons (Fsp3) is 0.227. The number of amides is 1. The van der Waals surface area contributed by atoms with Crippen LogP contribution in [0.4, 0.5) is 15.9 Å². The van der Waals surface area contributed by atoms with Crippen molar-refractivity contribution in [2.75, 3.05) is 23.3 Å². The molecule has 1 amide bonds. The van der Waals surface area contributed by atoms with E-state index in [1.165, 1.54) is 23.7 Å². The fourth-order valence-corrected chi connectivity index (χ4v) is 5.51. The van der Waals surface area contributed by atoms with Crippen LogP contribution in [0.2, 0.25) is 0 Å². The van der Waals surface area contributed by atoms with E-state index in [1.807, 2.05) is 30.3 Å². The van der Waals surface area contributed by atoms with E-state index in [1.54, 1.807) is 6.07 Å². The number of anilines is 2. The summed E-state index contributed by atoms with van der Waals surface area (Å²) in [5.74, 6) is 0.556. The summed E-state index contributed by atoms with van der Waals surface area (Å²) in [6.07, 6.45) is 2.98. The number of piperidine rings is 1. The van der Waals surface area contributed by atoms with Crippen LogP contribution in [0.15, 0.2) is 53.3 Å². The maximum Gasteiger partial charge on any atom is 0.227 e. The Balaban J connectivity index is 1.35. The van der Waals surface area contributed by atoms with E-state index in [0.29, 0.717) is 10.9 Å². The number of thiophene rings is 1. The summed E-state index contributed by atoms with van der Waals surface area (Å²) in [7, 11) is 0. The SMILES string of the molecule is O=C(Nc1ccccc1Br)C1CCN(c2ncnc3c2sc2cccc(F)c23)CC1. The number of nitrogens with zero attached hydrogens (tertiary/aromatic N) is 3. The summed E-state index contributed by atoms with van der Waals surface area (Å²) in [5.41, 5.74) is 1.45. The van der Waals surface area contributed by atoms with Crippen LogP contribution < -0.4 is 10.2 Å². The Hall–Kier alpha value is -2.58. The van der Waals surface area contributed by atoms with Gasteiger partial charge in [0.2, 0.25) is 5.91 Å². The van der Waals surface area contributed by atoms with Crippen molar-refractivity contribution in [3.05, 3.63) is 59.1 Å². The minimum atomic E-state index is -0.258. The van der Waals surface area contributed by atoms with Crippen molar-refractivity contribution in [2.45, 2.75) is 12.8 Å². The largest absolute Gasteiger partial charge is 0.355 e. The molecule has 1 fully saturated rings. The predicted octanol–water partition coefficient (Wildman–Crippen LogP) is 5.60. The normalized spacial score (nSPS) is 15.1. The highest BCUT2D eigenvalue weighted by molar-refractivity contribution is 9.10. The average Bonchev–Trinajstić information content (AvgIpc) is 3.15. The highest BCUT2D eigenvalue weighted by atomic mass is 79.9. The Morgan fingerprint density at radius 2 is 1.93 bits per heavy atom. The lowest BCUT2D eigenvalue weighted by Crippen LogP contribution is -2.38. The van der Waals surface area contributed by atoms with Crippen LogP contribution in [0.25, 0.3) is 20.3 Å². The number of nitrogens with one attached hydrogen (secondary N) is 1. The molecule has 2 aromatic heterocycles. The quantitative estimate of drug-likeness (QED) is 0.411. The minimum Gasteiger partial charge on any atom is -0.355 e. The van der Waals surface area contributed by atoms with Gasteiger partial charge in [-0.3, -0.25) is 4.79 Å². The standard InChI is InChI=1S/C22H18BrFN4OS/c23-14-4-1-2-6-16(14)27-22(29)13-8-10-28(11-9-13)21-20-19(25-12-26-21)18-15(24)5-3-7-17(18)30-20/h1-7,12-13H,8-11H2,(H,27,29). The predicted molar refractivity (Wildman–Crippen MR) is 123 cm³/mol. The monoisotopic (exact) mass is 484 g/mol. The molecule has 1 saturated heterocycles. The van der Waals surface area contributed by atoms with Crippen LogP contribution in [0.5, 0.6) is 0 Å². The van der Waals surface area contributed by atoms with E-state index in [-0.39, 0.29) is 17.6 Å². The van der Waals surface area contributed by atoms with Gasteiger partial charge in [-0.15, -0.1) is 11.3 Å². The second-order valence-electron chi connectivity index (χ2n) is 7.32. The summed E-state index contributed by atoms with van der Waals surface area (Å²) in [5, 5.41) is 3.58. The second kappa shape index (κ2) is 7.92. The van der Waals surface area contributed by atoms with Crippen molar-refractivity contribution in [2.24, 2.45) is 5.92 Å². The van der Waals surface area contributed by atoms with Gasteiger partial charge in [-0.1, -0.05) is 18.2 Å². The first-order chi connectivity index (χ1) is 14.6. The van der Waals surface area contributed by atoms with Gasteiger partial charge in [0.1, 0.15) is 18.0 Å². The summed E-state index contributed by atoms with van der Waals surface area (Å²) in [6, 6.07) is 12.7. The number of rotatable bonds is 3. The van der Waals surface area contributed by atoms with Gasteiger partial charge in [-0.25, -0.2) is 14.4 Å². The molecule has 1 N–H and O–H groups in total. The Labute approximate surface area is 185 Å². The maximum atomic E-state index is 14.4. The molecule has 4 aromatic rings. The molecule has 1 aliphatic rings. The number of carbonyl (C=O) groups is 1. The van der Waals surface area contributed by atoms with Crippen LogP contribution in [0, 0.1) is 11.7 Å². The highest BCUT2D eigenvalue weighted by Crippen LogP contribution is 2.39. The Bertz CT molecular complexity index is 1250. The Morgan fingerprint density at radius 3 is 2.73 bits per heavy atom. The van der Waals surface area contributed by atoms with Crippen molar-refractivity contribution in [3.63, 3.8) is 0 Å². The molecule has 30 heavy (non-hydrogen) atoms. The van der Waals surface area contributed by atoms with Gasteiger partial charge in [-0.2, -0.15) is 0 Å². The molecule has 0 unspecified atom stereocenters. The molecule has 2 aromatic carbocycles. The first kappa shape index (κ1) is 19.4. The summed E-state index contributed by atoms with van der Waals surface area (Å²) in [4.78, 5) is 23.7. The Morgan fingerprint density at radius 1 is 1.13 bits per heavy atom. The van der Waals surface area contributed by atoms with Gasteiger partial charge in [0.05, 0.1) is 21.3 Å². The maximum absolute atomic E-state index is 14.4. The molecule has 0 aliphatic carbocycles. The molecule has 1 aliphatic heterocycles. The van der Waals surface area contributed by atoms with E-state index >= 15 is 0 Å². The topological polar surface area (TPSA) is 58.1 Å². The van der Waals surface area contributed by atoms with Crippen LogP contribution in [0.3, 0.4) is 0 Å². The van der Waals surface area contributed by atoms with Gasteiger partial charge in [-0.05, 0) is 53.0 Å². The number of benzene rings is 2. The van der Waals surface area contributed by atoms with Gasteiger partial charge in [0.15, 0.2) is 0 Å². The van der Waals surface area contributed by atoms with E-state index in [2.05, 4.69) is 36.1 Å². The number of carbonyl (C=O) groups excluding carboxylic acids is 1. The smallest absolute Gasteiger partial charge is 0.227 e. The lowest BCUT2D eigenvalue weighted by atomic mass is 9.95. The van der Waals surface area contributed by atoms with E-state index in [0.717, 1.165) is 51.3 Å². The molecule has 5 nitrogen and oxygen atoms in total. The minimum absolute atomic E-state index is 0.0401. The van der Waals surface area contributed by atoms with Gasteiger partial charge in [0.25, 0.3) is 0 Å². The molecule has 0 saturated carbocycles. The third-order valence-corrected chi connectivity index (χ3v) is 7.34. The van der Waals surface area contributed by atoms with Gasteiger partial charge < -0.3 is 10.2 Å².